The molecule has 0 aliphatic rings. The lowest BCUT2D eigenvalue weighted by molar-refractivity contribution is -0.131. The quantitative estimate of drug-likeness (QED) is 0.235. The molecule has 33 heavy (non-hydrogen) atoms. The molecule has 2 N–H and O–H groups in total. The monoisotopic (exact) mass is 481 g/mol. The van der Waals surface area contributed by atoms with Crippen LogP contribution in [0.25, 0.3) is 17.5 Å². The van der Waals surface area contributed by atoms with Crippen LogP contribution in [0.15, 0.2) is 82.9 Å². The summed E-state index contributed by atoms with van der Waals surface area (Å²) >= 11 is 6.85. The molecule has 0 aliphatic carbocycles. The van der Waals surface area contributed by atoms with Gasteiger partial charge in [-0.1, -0.05) is 35.9 Å². The molecule has 0 aliphatic heterocycles. The van der Waals surface area contributed by atoms with Crippen LogP contribution in [0, 0.1) is 5.82 Å². The fourth-order valence-corrected chi connectivity index (χ4v) is 3.65. The smallest absolute Gasteiger partial charge is 0.342 e. The highest BCUT2D eigenvalue weighted by Gasteiger charge is 2.14. The molecular weight excluding hydrogens is 465 g/mol. The molecule has 4 aromatic rings. The van der Waals surface area contributed by atoms with E-state index in [-0.39, 0.29) is 15.9 Å². The van der Waals surface area contributed by atoms with E-state index in [9.17, 15) is 14.3 Å². The number of rotatable bonds is 8. The molecule has 0 atom stereocenters. The number of hydrogen-bond donors (Lipinski definition) is 2. The van der Waals surface area contributed by atoms with Crippen LogP contribution >= 0.6 is 23.4 Å². The molecular formula is C24H17ClFN3O3S. The van der Waals surface area contributed by atoms with Gasteiger partial charge in [-0.3, -0.25) is 5.10 Å². The van der Waals surface area contributed by atoms with Crippen LogP contribution in [-0.4, -0.2) is 26.3 Å². The Kier molecular flexibility index (Phi) is 7.07. The number of ether oxygens (including phenoxy) is 1. The Hall–Kier alpha value is -3.62. The van der Waals surface area contributed by atoms with Gasteiger partial charge in [0.15, 0.2) is 5.82 Å². The van der Waals surface area contributed by atoms with E-state index < -0.39 is 5.97 Å². The number of thioether (sulfide) groups is 1. The standard InChI is InChI=1S/C24H17ClFN3O3S/c25-18-7-5-17(6-8-18)22-27-24(29-28-22)33-21(23(30)31)13-15-3-11-20(12-4-15)32-14-16-1-9-19(26)10-2-16/h1-13H,14H2,(H,30,31)(H,27,28,29)/b21-13-. The Morgan fingerprint density at radius 1 is 1.06 bits per heavy atom. The molecule has 0 saturated heterocycles. The van der Waals surface area contributed by atoms with Crippen LogP contribution in [0.1, 0.15) is 11.1 Å². The van der Waals surface area contributed by atoms with E-state index in [0.29, 0.717) is 28.8 Å². The van der Waals surface area contributed by atoms with Crippen molar-refractivity contribution in [1.82, 2.24) is 15.2 Å². The Labute approximate surface area is 198 Å². The zero-order valence-corrected chi connectivity index (χ0v) is 18.6. The van der Waals surface area contributed by atoms with Crippen LogP contribution in [-0.2, 0) is 11.4 Å². The van der Waals surface area contributed by atoms with Crippen molar-refractivity contribution in [2.75, 3.05) is 0 Å². The minimum absolute atomic E-state index is 0.0663. The highest BCUT2D eigenvalue weighted by Crippen LogP contribution is 2.28. The number of nitrogens with zero attached hydrogens (tertiary/aromatic N) is 2. The molecule has 4 rings (SSSR count). The SMILES string of the molecule is O=C(O)/C(=C/c1ccc(OCc2ccc(F)cc2)cc1)Sc1n[nH]c(-c2ccc(Cl)cc2)n1. The minimum atomic E-state index is -1.09. The number of carbonyl (C=O) groups is 1. The first-order valence-electron chi connectivity index (χ1n) is 9.75. The van der Waals surface area contributed by atoms with Crippen LogP contribution < -0.4 is 4.74 Å². The van der Waals surface area contributed by atoms with E-state index in [1.165, 1.54) is 18.2 Å². The van der Waals surface area contributed by atoms with Gasteiger partial charge >= 0.3 is 5.97 Å². The Morgan fingerprint density at radius 2 is 1.76 bits per heavy atom. The Balaban J connectivity index is 1.43. The molecule has 6 nitrogen and oxygen atoms in total. The number of aliphatic carboxylic acids is 1. The number of carboxylic acids is 1. The normalized spacial score (nSPS) is 11.4. The maximum Gasteiger partial charge on any atom is 0.342 e. The average molecular weight is 482 g/mol. The number of aromatic amines is 1. The second-order valence-electron chi connectivity index (χ2n) is 6.87. The zero-order valence-electron chi connectivity index (χ0n) is 17.0. The number of hydrogen-bond acceptors (Lipinski definition) is 5. The molecule has 0 amide bonds. The summed E-state index contributed by atoms with van der Waals surface area (Å²) < 4.78 is 18.7. The number of nitrogens with one attached hydrogen (secondary N) is 1. The summed E-state index contributed by atoms with van der Waals surface area (Å²) in [6, 6.07) is 20.1. The van der Waals surface area contributed by atoms with E-state index in [1.807, 2.05) is 0 Å². The summed E-state index contributed by atoms with van der Waals surface area (Å²) in [5.41, 5.74) is 2.31. The molecule has 0 unspecified atom stereocenters. The maximum atomic E-state index is 13.0. The lowest BCUT2D eigenvalue weighted by atomic mass is 10.2. The second-order valence-corrected chi connectivity index (χ2v) is 8.32. The lowest BCUT2D eigenvalue weighted by Crippen LogP contribution is -1.97. The van der Waals surface area contributed by atoms with Crippen LogP contribution in [0.2, 0.25) is 5.02 Å². The van der Waals surface area contributed by atoms with Crippen LogP contribution in [0.5, 0.6) is 5.75 Å². The topological polar surface area (TPSA) is 88.1 Å². The van der Waals surface area contributed by atoms with E-state index in [0.717, 1.165) is 22.9 Å². The van der Waals surface area contributed by atoms with Gasteiger partial charge in [-0.25, -0.2) is 14.2 Å². The molecule has 166 valence electrons. The Morgan fingerprint density at radius 3 is 2.42 bits per heavy atom. The molecule has 0 bridgehead atoms. The van der Waals surface area contributed by atoms with Gasteiger partial charge in [0.1, 0.15) is 23.1 Å². The summed E-state index contributed by atoms with van der Waals surface area (Å²) in [6.45, 7) is 0.298. The summed E-state index contributed by atoms with van der Waals surface area (Å²) in [6.07, 6.45) is 1.54. The predicted octanol–water partition coefficient (Wildman–Crippen LogP) is 6.06. The second kappa shape index (κ2) is 10.3. The van der Waals surface area contributed by atoms with Gasteiger partial charge in [0.05, 0.1) is 0 Å². The first-order chi connectivity index (χ1) is 16.0. The number of benzene rings is 3. The van der Waals surface area contributed by atoms with Gasteiger partial charge in [0.2, 0.25) is 5.16 Å². The largest absolute Gasteiger partial charge is 0.489 e. The van der Waals surface area contributed by atoms with Crippen molar-refractivity contribution >= 4 is 35.4 Å². The molecule has 9 heteroatoms. The van der Waals surface area contributed by atoms with E-state index in [1.54, 1.807) is 60.7 Å². The van der Waals surface area contributed by atoms with E-state index in [2.05, 4.69) is 15.2 Å². The predicted molar refractivity (Wildman–Crippen MR) is 125 cm³/mol. The first kappa shape index (κ1) is 22.6. The fraction of sp³-hybridized carbons (Fsp3) is 0.0417. The third kappa shape index (κ3) is 6.21. The van der Waals surface area contributed by atoms with Gasteiger partial charge in [0.25, 0.3) is 0 Å². The zero-order chi connectivity index (χ0) is 23.2. The van der Waals surface area contributed by atoms with Crippen LogP contribution in [0.4, 0.5) is 4.39 Å². The van der Waals surface area contributed by atoms with Gasteiger partial charge in [-0.15, -0.1) is 5.10 Å². The van der Waals surface area contributed by atoms with Crippen LogP contribution in [0.3, 0.4) is 0 Å². The summed E-state index contributed by atoms with van der Waals surface area (Å²) in [4.78, 5) is 16.2. The number of carboxylic acid groups (broad SMARTS) is 1. The van der Waals surface area contributed by atoms with Crippen molar-refractivity contribution in [3.63, 3.8) is 0 Å². The number of H-pyrrole nitrogens is 1. The lowest BCUT2D eigenvalue weighted by Gasteiger charge is -2.07. The molecule has 1 heterocycles. The van der Waals surface area contributed by atoms with Crippen molar-refractivity contribution in [1.29, 1.82) is 0 Å². The highest BCUT2D eigenvalue weighted by atomic mass is 35.5. The van der Waals surface area contributed by atoms with Gasteiger partial charge in [-0.05, 0) is 77.5 Å². The van der Waals surface area contributed by atoms with Crippen molar-refractivity contribution in [2.45, 2.75) is 11.8 Å². The van der Waals surface area contributed by atoms with Gasteiger partial charge in [0, 0.05) is 10.6 Å². The third-order valence-electron chi connectivity index (χ3n) is 4.49. The molecule has 1 aromatic heterocycles. The highest BCUT2D eigenvalue weighted by molar-refractivity contribution is 8.04. The fourth-order valence-electron chi connectivity index (χ4n) is 2.82. The van der Waals surface area contributed by atoms with Crippen molar-refractivity contribution in [3.05, 3.63) is 99.7 Å². The maximum absolute atomic E-state index is 13.0. The van der Waals surface area contributed by atoms with Crippen molar-refractivity contribution < 1.29 is 19.0 Å². The molecule has 0 spiro atoms. The van der Waals surface area contributed by atoms with E-state index >= 15 is 0 Å². The first-order valence-corrected chi connectivity index (χ1v) is 10.9. The number of aromatic nitrogens is 3. The molecule has 0 saturated carbocycles. The third-order valence-corrected chi connectivity index (χ3v) is 5.62. The van der Waals surface area contributed by atoms with Crippen molar-refractivity contribution in [3.8, 4) is 17.1 Å². The van der Waals surface area contributed by atoms with E-state index in [4.69, 9.17) is 16.3 Å². The van der Waals surface area contributed by atoms with Gasteiger partial charge in [-0.2, -0.15) is 0 Å². The average Bonchev–Trinajstić information content (AvgIpc) is 3.28. The summed E-state index contributed by atoms with van der Waals surface area (Å²) in [5, 5.41) is 17.4. The molecule has 0 fully saturated rings. The van der Waals surface area contributed by atoms with Gasteiger partial charge < -0.3 is 9.84 Å². The summed E-state index contributed by atoms with van der Waals surface area (Å²) in [7, 11) is 0. The Bertz CT molecular complexity index is 1270. The summed E-state index contributed by atoms with van der Waals surface area (Å²) in [5.74, 6) is -0.258. The molecule has 3 aromatic carbocycles. The molecule has 0 radical (unpaired) electrons. The minimum Gasteiger partial charge on any atom is -0.489 e. The number of halogens is 2. The van der Waals surface area contributed by atoms with Crippen molar-refractivity contribution in [2.24, 2.45) is 0 Å².